The van der Waals surface area contributed by atoms with Crippen LogP contribution in [0, 0.1) is 0 Å². The molecule has 0 heterocycles. The molecule has 108 valence electrons. The summed E-state index contributed by atoms with van der Waals surface area (Å²) >= 11 is 3.64. The van der Waals surface area contributed by atoms with Crippen LogP contribution in [-0.2, 0) is 0 Å². The van der Waals surface area contributed by atoms with Gasteiger partial charge in [-0.15, -0.1) is 0 Å². The summed E-state index contributed by atoms with van der Waals surface area (Å²) in [5.74, 6) is 0. The molecule has 7 N–H and O–H groups in total. The van der Waals surface area contributed by atoms with Crippen LogP contribution in [0.3, 0.4) is 0 Å². The maximum atomic E-state index is 8.58. The number of hydrogen-bond donors (Lipinski definition) is 4. The number of aliphatic hydroxyl groups excluding tert-OH is 1. The Morgan fingerprint density at radius 3 is 1.24 bits per heavy atom. The summed E-state index contributed by atoms with van der Waals surface area (Å²) in [6, 6.07) is 0. The highest BCUT2D eigenvalue weighted by Gasteiger charge is 1.91. The zero-order valence-corrected chi connectivity index (χ0v) is 11.8. The molecule has 0 saturated heterocycles. The zero-order chi connectivity index (χ0) is 12.5. The summed E-state index contributed by atoms with van der Waals surface area (Å²) in [5, 5.41) is 8.58. The van der Waals surface area contributed by atoms with E-state index in [2.05, 4.69) is 11.9 Å². The summed E-state index contributed by atoms with van der Waals surface area (Å²) in [7, 11) is 0. The van der Waals surface area contributed by atoms with Gasteiger partial charge in [-0.2, -0.15) is 0 Å². The van der Waals surface area contributed by atoms with Crippen LogP contribution in [0.25, 0.3) is 0 Å². The van der Waals surface area contributed by atoms with Gasteiger partial charge >= 0.3 is 0 Å². The van der Waals surface area contributed by atoms with Gasteiger partial charge in [0.05, 0.1) is 11.9 Å². The van der Waals surface area contributed by atoms with Crippen molar-refractivity contribution in [1.82, 2.24) is 6.15 Å². The first-order valence-corrected chi connectivity index (χ1v) is 6.73. The van der Waals surface area contributed by atoms with E-state index in [-0.39, 0.29) is 6.15 Å². The first-order chi connectivity index (χ1) is 7.91. The van der Waals surface area contributed by atoms with Crippen LogP contribution >= 0.6 is 11.9 Å². The van der Waals surface area contributed by atoms with Gasteiger partial charge in [-0.25, -0.2) is 0 Å². The van der Waals surface area contributed by atoms with E-state index in [1.165, 1.54) is 57.8 Å². The molecular formula is C12H31ClN2O2. The van der Waals surface area contributed by atoms with Crippen molar-refractivity contribution in [1.29, 1.82) is 0 Å². The van der Waals surface area contributed by atoms with E-state index in [9.17, 15) is 0 Å². The minimum atomic E-state index is 0. The summed E-state index contributed by atoms with van der Waals surface area (Å²) in [6.07, 6.45) is 12.8. The number of aliphatic hydroxyl groups is 1. The molecule has 0 aliphatic carbocycles. The first-order valence-electron chi connectivity index (χ1n) is 6.39. The molecule has 0 fully saturated rings. The Balaban J connectivity index is -0.000000616. The topological polar surface area (TPSA) is 101 Å². The van der Waals surface area contributed by atoms with Crippen LogP contribution in [-0.4, -0.2) is 22.9 Å². The van der Waals surface area contributed by atoms with Crippen LogP contribution in [0.2, 0.25) is 0 Å². The lowest BCUT2D eigenvalue weighted by Gasteiger charge is -2.01. The van der Waals surface area contributed by atoms with Gasteiger partial charge in [-0.1, -0.05) is 51.4 Å². The third-order valence-electron chi connectivity index (χ3n) is 2.61. The lowest BCUT2D eigenvalue weighted by molar-refractivity contribution is 0.282. The fourth-order valence-corrected chi connectivity index (χ4v) is 1.67. The second-order valence-corrected chi connectivity index (χ2v) is 4.05. The zero-order valence-electron chi connectivity index (χ0n) is 11.0. The molecule has 0 aromatic rings. The quantitative estimate of drug-likeness (QED) is 0.433. The predicted molar refractivity (Wildman–Crippen MR) is 75.4 cm³/mol. The lowest BCUT2D eigenvalue weighted by Crippen LogP contribution is -1.97. The van der Waals surface area contributed by atoms with Gasteiger partial charge in [-0.3, -0.25) is 4.66 Å². The van der Waals surface area contributed by atoms with Crippen molar-refractivity contribution in [3.63, 3.8) is 0 Å². The van der Waals surface area contributed by atoms with Crippen LogP contribution in [0.4, 0.5) is 0 Å². The van der Waals surface area contributed by atoms with E-state index < -0.39 is 0 Å². The Labute approximate surface area is 111 Å². The van der Waals surface area contributed by atoms with Crippen molar-refractivity contribution in [2.24, 2.45) is 5.73 Å². The Hall–Kier alpha value is 0.130. The van der Waals surface area contributed by atoms with Gasteiger partial charge in [0, 0.05) is 6.61 Å². The lowest BCUT2D eigenvalue weighted by atomic mass is 10.1. The monoisotopic (exact) mass is 270 g/mol. The number of halogens is 1. The minimum Gasteiger partial charge on any atom is -0.396 e. The van der Waals surface area contributed by atoms with E-state index in [0.717, 1.165) is 13.0 Å². The van der Waals surface area contributed by atoms with E-state index in [0.29, 0.717) is 6.61 Å². The number of nitrogens with two attached hydrogens (primary N) is 1. The maximum Gasteiger partial charge on any atom is 0.0579 e. The van der Waals surface area contributed by atoms with E-state index >= 15 is 0 Å². The smallest absolute Gasteiger partial charge is 0.0579 e. The summed E-state index contributed by atoms with van der Waals surface area (Å²) < 4.78 is 6.47. The van der Waals surface area contributed by atoms with Gasteiger partial charge in [0.1, 0.15) is 0 Å². The highest BCUT2D eigenvalue weighted by atomic mass is 35.5. The average molecular weight is 271 g/mol. The van der Waals surface area contributed by atoms with Crippen molar-refractivity contribution in [2.45, 2.75) is 64.2 Å². The molecule has 0 bridgehead atoms. The van der Waals surface area contributed by atoms with Gasteiger partial charge < -0.3 is 17.0 Å². The molecule has 0 aromatic heterocycles. The highest BCUT2D eigenvalue weighted by Crippen LogP contribution is 2.09. The van der Waals surface area contributed by atoms with Crippen LogP contribution in [0.15, 0.2) is 0 Å². The average Bonchev–Trinajstić information content (AvgIpc) is 2.34. The van der Waals surface area contributed by atoms with E-state index in [1.54, 1.807) is 0 Å². The van der Waals surface area contributed by atoms with Crippen molar-refractivity contribution in [2.75, 3.05) is 13.2 Å². The Morgan fingerprint density at radius 2 is 0.941 bits per heavy atom. The van der Waals surface area contributed by atoms with Crippen LogP contribution in [0.5, 0.6) is 0 Å². The summed E-state index contributed by atoms with van der Waals surface area (Å²) in [5.41, 5.74) is 5.42. The van der Waals surface area contributed by atoms with Gasteiger partial charge in [-0.05, 0) is 19.4 Å². The second-order valence-electron chi connectivity index (χ2n) is 4.05. The molecule has 0 amide bonds. The molecule has 0 saturated carbocycles. The molecule has 0 spiro atoms. The Kier molecular flexibility index (Phi) is 33.0. The van der Waals surface area contributed by atoms with Crippen LogP contribution in [0.1, 0.15) is 64.2 Å². The SMILES string of the molecule is N.NCCCCCCCCCCCCO.OCl. The van der Waals surface area contributed by atoms with Crippen LogP contribution < -0.4 is 11.9 Å². The molecule has 5 heteroatoms. The summed E-state index contributed by atoms with van der Waals surface area (Å²) in [6.45, 7) is 1.21. The molecule has 0 radical (unpaired) electrons. The molecule has 17 heavy (non-hydrogen) atoms. The minimum absolute atomic E-state index is 0. The molecule has 0 rings (SSSR count). The molecule has 0 aliphatic rings. The fourth-order valence-electron chi connectivity index (χ4n) is 1.67. The number of rotatable bonds is 11. The maximum absolute atomic E-state index is 8.58. The second kappa shape index (κ2) is 25.1. The van der Waals surface area contributed by atoms with E-state index in [4.69, 9.17) is 15.5 Å². The molecule has 0 aliphatic heterocycles. The molecular weight excluding hydrogens is 240 g/mol. The van der Waals surface area contributed by atoms with Gasteiger partial charge in [0.25, 0.3) is 0 Å². The third-order valence-corrected chi connectivity index (χ3v) is 2.61. The summed E-state index contributed by atoms with van der Waals surface area (Å²) in [4.78, 5) is 0. The molecule has 0 atom stereocenters. The third kappa shape index (κ3) is 26.0. The number of unbranched alkanes of at least 4 members (excludes halogenated alkanes) is 9. The fraction of sp³-hybridized carbons (Fsp3) is 1.00. The van der Waals surface area contributed by atoms with Crippen molar-refractivity contribution >= 4 is 11.9 Å². The Morgan fingerprint density at radius 1 is 0.647 bits per heavy atom. The Bertz CT molecular complexity index is 96.5. The molecule has 0 unspecified atom stereocenters. The van der Waals surface area contributed by atoms with Gasteiger partial charge in [0.15, 0.2) is 0 Å². The van der Waals surface area contributed by atoms with Crippen molar-refractivity contribution in [3.8, 4) is 0 Å². The highest BCUT2D eigenvalue weighted by molar-refractivity contribution is 6.04. The molecule has 0 aromatic carbocycles. The number of hydrogen-bond acceptors (Lipinski definition) is 4. The normalized spacial score (nSPS) is 9.18. The van der Waals surface area contributed by atoms with Crippen molar-refractivity contribution in [3.05, 3.63) is 0 Å². The van der Waals surface area contributed by atoms with Crippen molar-refractivity contribution < 1.29 is 9.77 Å². The molecule has 4 nitrogen and oxygen atoms in total. The standard InChI is InChI=1S/C12H27NO.ClHO.H3N/c13-11-9-7-5-3-1-2-4-6-8-10-12-14;1-2;/h14H,1-13H2;2H;1H3. The first kappa shape index (κ1) is 22.3. The van der Waals surface area contributed by atoms with Gasteiger partial charge in [0.2, 0.25) is 0 Å². The largest absolute Gasteiger partial charge is 0.396 e. The predicted octanol–water partition coefficient (Wildman–Crippen LogP) is 3.13. The van der Waals surface area contributed by atoms with E-state index in [1.807, 2.05) is 0 Å².